The summed E-state index contributed by atoms with van der Waals surface area (Å²) in [5.41, 5.74) is 4.76. The van der Waals surface area contributed by atoms with Crippen LogP contribution in [0.3, 0.4) is 0 Å². The number of fused-ring (bicyclic) bond motifs is 1. The molecule has 6 nitrogen and oxygen atoms in total. The molecule has 6 heteroatoms. The summed E-state index contributed by atoms with van der Waals surface area (Å²) in [6, 6.07) is 9.64. The number of hydrogen-bond acceptors (Lipinski definition) is 5. The minimum absolute atomic E-state index is 0.273. The van der Waals surface area contributed by atoms with Crippen molar-refractivity contribution in [2.75, 3.05) is 0 Å². The van der Waals surface area contributed by atoms with Crippen molar-refractivity contribution in [3.8, 4) is 17.5 Å². The van der Waals surface area contributed by atoms with Gasteiger partial charge in [-0.15, -0.1) is 0 Å². The van der Waals surface area contributed by atoms with E-state index in [1.54, 1.807) is 0 Å². The molecule has 0 radical (unpaired) electrons. The number of allylic oxidation sites excluding steroid dienone is 2. The fourth-order valence-corrected chi connectivity index (χ4v) is 2.92. The molecule has 0 saturated heterocycles. The number of para-hydroxylation sites is 2. The fourth-order valence-electron chi connectivity index (χ4n) is 2.92. The lowest BCUT2D eigenvalue weighted by atomic mass is 9.95. The van der Waals surface area contributed by atoms with Crippen molar-refractivity contribution < 1.29 is 0 Å². The second-order valence-corrected chi connectivity index (χ2v) is 5.52. The highest BCUT2D eigenvalue weighted by Crippen LogP contribution is 2.32. The van der Waals surface area contributed by atoms with E-state index in [1.165, 1.54) is 12.0 Å². The van der Waals surface area contributed by atoms with Gasteiger partial charge in [0.05, 0.1) is 11.0 Å². The summed E-state index contributed by atoms with van der Waals surface area (Å²) in [4.78, 5) is 9.02. The molecule has 23 heavy (non-hydrogen) atoms. The maximum atomic E-state index is 9.45. The zero-order valence-corrected chi connectivity index (χ0v) is 12.5. The van der Waals surface area contributed by atoms with Crippen LogP contribution < -0.4 is 0 Å². The van der Waals surface area contributed by atoms with Crippen LogP contribution in [0, 0.1) is 11.3 Å². The second-order valence-electron chi connectivity index (χ2n) is 5.52. The quantitative estimate of drug-likeness (QED) is 0.784. The van der Waals surface area contributed by atoms with Crippen LogP contribution in [0.5, 0.6) is 0 Å². The zero-order valence-electron chi connectivity index (χ0n) is 12.5. The molecular weight excluding hydrogens is 288 g/mol. The summed E-state index contributed by atoms with van der Waals surface area (Å²) in [7, 11) is 0. The predicted molar refractivity (Wildman–Crippen MR) is 86.1 cm³/mol. The van der Waals surface area contributed by atoms with Crippen molar-refractivity contribution in [3.05, 3.63) is 41.7 Å². The lowest BCUT2D eigenvalue weighted by Crippen LogP contribution is -1.99. The zero-order chi connectivity index (χ0) is 15.6. The summed E-state index contributed by atoms with van der Waals surface area (Å²) in [5.74, 6) is 0. The third kappa shape index (κ3) is 2.36. The van der Waals surface area contributed by atoms with Gasteiger partial charge in [0, 0.05) is 0 Å². The largest absolute Gasteiger partial charge is 0.241 e. The number of benzene rings is 1. The number of nitriles is 1. The lowest BCUT2D eigenvalue weighted by molar-refractivity contribution is 0.739. The van der Waals surface area contributed by atoms with Gasteiger partial charge in [-0.05, 0) is 43.4 Å². The summed E-state index contributed by atoms with van der Waals surface area (Å²) >= 11 is 0. The first-order valence-corrected chi connectivity index (χ1v) is 7.64. The molecule has 3 aromatic rings. The Kier molecular flexibility index (Phi) is 3.31. The van der Waals surface area contributed by atoms with Crippen molar-refractivity contribution in [2.45, 2.75) is 25.7 Å². The minimum Gasteiger partial charge on any atom is -0.241 e. The van der Waals surface area contributed by atoms with E-state index in [0.29, 0.717) is 16.9 Å². The Labute approximate surface area is 132 Å². The third-order valence-corrected chi connectivity index (χ3v) is 4.04. The Balaban J connectivity index is 1.91. The lowest BCUT2D eigenvalue weighted by Gasteiger charge is -2.11. The number of rotatable bonds is 2. The van der Waals surface area contributed by atoms with E-state index in [-0.39, 0.29) is 5.69 Å². The number of nitrogens with zero attached hydrogens (tertiary/aromatic N) is 5. The van der Waals surface area contributed by atoms with Gasteiger partial charge >= 0.3 is 0 Å². The van der Waals surface area contributed by atoms with Gasteiger partial charge in [-0.25, -0.2) is 9.97 Å². The average molecular weight is 302 g/mol. The minimum atomic E-state index is 0.273. The maximum Gasteiger partial charge on any atom is 0.169 e. The number of aromatic amines is 1. The first-order valence-electron chi connectivity index (χ1n) is 7.64. The van der Waals surface area contributed by atoms with Crippen molar-refractivity contribution in [3.63, 3.8) is 0 Å². The molecule has 0 saturated carbocycles. The monoisotopic (exact) mass is 302 g/mol. The SMILES string of the molecule is N#Cc1nc2ccccc2nc1-c1n[nH]nc1C1=CCCCC1. The highest BCUT2D eigenvalue weighted by molar-refractivity contribution is 5.82. The van der Waals surface area contributed by atoms with Gasteiger partial charge < -0.3 is 0 Å². The summed E-state index contributed by atoms with van der Waals surface area (Å²) < 4.78 is 0. The van der Waals surface area contributed by atoms with Crippen LogP contribution in [0.1, 0.15) is 37.1 Å². The average Bonchev–Trinajstić information content (AvgIpc) is 3.11. The Hall–Kier alpha value is -3.07. The van der Waals surface area contributed by atoms with E-state index >= 15 is 0 Å². The standard InChI is InChI=1S/C17H14N6/c18-10-14-16(20-13-9-5-4-8-12(13)19-14)17-15(21-23-22-17)11-6-2-1-3-7-11/h4-6,8-9H,1-3,7H2,(H,21,22,23). The van der Waals surface area contributed by atoms with Gasteiger partial charge in [-0.2, -0.15) is 20.7 Å². The first-order chi connectivity index (χ1) is 11.4. The molecule has 0 unspecified atom stereocenters. The van der Waals surface area contributed by atoms with Crippen LogP contribution in [0.25, 0.3) is 28.0 Å². The molecule has 2 heterocycles. The van der Waals surface area contributed by atoms with Crippen molar-refractivity contribution in [1.82, 2.24) is 25.4 Å². The highest BCUT2D eigenvalue weighted by Gasteiger charge is 2.21. The number of hydrogen-bond donors (Lipinski definition) is 1. The van der Waals surface area contributed by atoms with Gasteiger partial charge in [-0.1, -0.05) is 18.2 Å². The smallest absolute Gasteiger partial charge is 0.169 e. The van der Waals surface area contributed by atoms with Crippen molar-refractivity contribution in [1.29, 1.82) is 5.26 Å². The van der Waals surface area contributed by atoms with E-state index in [1.807, 2.05) is 24.3 Å². The molecular formula is C17H14N6. The first kappa shape index (κ1) is 13.6. The second kappa shape index (κ2) is 5.61. The Morgan fingerprint density at radius 2 is 1.74 bits per heavy atom. The van der Waals surface area contributed by atoms with Crippen LogP contribution in [-0.4, -0.2) is 25.4 Å². The molecule has 0 aliphatic heterocycles. The van der Waals surface area contributed by atoms with Crippen LogP contribution in [0.2, 0.25) is 0 Å². The summed E-state index contributed by atoms with van der Waals surface area (Å²) in [6.07, 6.45) is 6.58. The molecule has 0 spiro atoms. The van der Waals surface area contributed by atoms with Gasteiger partial charge in [0.1, 0.15) is 23.2 Å². The van der Waals surface area contributed by atoms with Crippen LogP contribution in [-0.2, 0) is 0 Å². The van der Waals surface area contributed by atoms with E-state index in [0.717, 1.165) is 30.5 Å². The highest BCUT2D eigenvalue weighted by atomic mass is 15.3. The fraction of sp³-hybridized carbons (Fsp3) is 0.235. The molecule has 112 valence electrons. The molecule has 0 bridgehead atoms. The molecule has 0 atom stereocenters. The van der Waals surface area contributed by atoms with Gasteiger partial charge in [0.2, 0.25) is 0 Å². The Morgan fingerprint density at radius 3 is 2.48 bits per heavy atom. The van der Waals surface area contributed by atoms with E-state index in [4.69, 9.17) is 0 Å². The maximum absolute atomic E-state index is 9.45. The van der Waals surface area contributed by atoms with Gasteiger partial charge in [0.25, 0.3) is 0 Å². The molecule has 2 aromatic heterocycles. The normalized spacial score (nSPS) is 14.5. The molecule has 1 aromatic carbocycles. The van der Waals surface area contributed by atoms with Crippen molar-refractivity contribution in [2.24, 2.45) is 0 Å². The molecule has 1 aliphatic carbocycles. The topological polar surface area (TPSA) is 91.1 Å². The number of H-pyrrole nitrogens is 1. The molecule has 0 amide bonds. The third-order valence-electron chi connectivity index (χ3n) is 4.04. The van der Waals surface area contributed by atoms with E-state index in [2.05, 4.69) is 37.5 Å². The number of aromatic nitrogens is 5. The van der Waals surface area contributed by atoms with E-state index in [9.17, 15) is 5.26 Å². The molecule has 0 fully saturated rings. The van der Waals surface area contributed by atoms with Gasteiger partial charge in [0.15, 0.2) is 5.69 Å². The Bertz CT molecular complexity index is 947. The predicted octanol–water partition coefficient (Wildman–Crippen LogP) is 3.24. The summed E-state index contributed by atoms with van der Waals surface area (Å²) in [6.45, 7) is 0. The van der Waals surface area contributed by atoms with Crippen LogP contribution >= 0.6 is 0 Å². The molecule has 4 rings (SSSR count). The van der Waals surface area contributed by atoms with Crippen LogP contribution in [0.4, 0.5) is 0 Å². The molecule has 1 aliphatic rings. The molecule has 1 N–H and O–H groups in total. The van der Waals surface area contributed by atoms with E-state index < -0.39 is 0 Å². The van der Waals surface area contributed by atoms with Crippen LogP contribution in [0.15, 0.2) is 30.3 Å². The van der Waals surface area contributed by atoms with Crippen molar-refractivity contribution >= 4 is 16.6 Å². The summed E-state index contributed by atoms with van der Waals surface area (Å²) in [5, 5.41) is 20.7. The van der Waals surface area contributed by atoms with Gasteiger partial charge in [-0.3, -0.25) is 0 Å². The number of nitrogens with one attached hydrogen (secondary N) is 1. The Morgan fingerprint density at radius 1 is 0.957 bits per heavy atom.